The second-order valence-corrected chi connectivity index (χ2v) is 5.75. The van der Waals surface area contributed by atoms with Crippen LogP contribution in [0.25, 0.3) is 0 Å². The lowest BCUT2D eigenvalue weighted by molar-refractivity contribution is -0.121. The van der Waals surface area contributed by atoms with Crippen LogP contribution in [0.4, 0.5) is 0 Å². The van der Waals surface area contributed by atoms with E-state index in [0.29, 0.717) is 19.3 Å². The minimum absolute atomic E-state index is 0.200. The fraction of sp³-hybridized carbons (Fsp3) is 0.550. The molecule has 4 heteroatoms. The third-order valence-electron chi connectivity index (χ3n) is 3.50. The summed E-state index contributed by atoms with van der Waals surface area (Å²) < 4.78 is 0. The van der Waals surface area contributed by atoms with E-state index >= 15 is 0 Å². The van der Waals surface area contributed by atoms with E-state index in [9.17, 15) is 9.90 Å². The van der Waals surface area contributed by atoms with Crippen molar-refractivity contribution in [3.8, 4) is 0 Å². The summed E-state index contributed by atoms with van der Waals surface area (Å²) in [4.78, 5) is 10.9. The molecule has 0 spiro atoms. The van der Waals surface area contributed by atoms with Gasteiger partial charge in [-0.05, 0) is 38.5 Å². The third kappa shape index (κ3) is 16.7. The maximum Gasteiger partial charge on any atom is 0.233 e. The van der Waals surface area contributed by atoms with E-state index in [0.717, 1.165) is 12.8 Å². The van der Waals surface area contributed by atoms with Crippen molar-refractivity contribution in [2.45, 2.75) is 70.8 Å². The molecule has 0 aromatic rings. The summed E-state index contributed by atoms with van der Waals surface area (Å²) >= 11 is 0. The molecule has 0 saturated carbocycles. The Bertz CT molecular complexity index is 412. The number of nitrogens with one attached hydrogen (secondary N) is 1. The largest absolute Gasteiger partial charge is 0.389 e. The van der Waals surface area contributed by atoms with Crippen LogP contribution in [0.15, 0.2) is 48.6 Å². The van der Waals surface area contributed by atoms with Crippen LogP contribution in [0.5, 0.6) is 0 Å². The molecule has 0 bridgehead atoms. The molecular weight excluding hydrogens is 300 g/mol. The number of carbonyl (C=O) groups is 1. The first-order valence-electron chi connectivity index (χ1n) is 9.01. The number of rotatable bonds is 14. The van der Waals surface area contributed by atoms with Crippen LogP contribution in [0, 0.1) is 0 Å². The standard InChI is InChI=1S/C20H34N2O2/c1-2-3-4-5-6-7-8-9-10-11-12-13-14-16-19(23)17-15-18-20(24)22-21/h6-7,9-10,12-14,16,19,23H,2-5,8,11,15,17-18,21H2,1H3,(H,22,24)/b7-6-,10-9-,13-12-,16-14+. The fourth-order valence-electron chi connectivity index (χ4n) is 2.07. The molecule has 1 atom stereocenters. The SMILES string of the molecule is CCCCC/C=C\C/C=C\C/C=C\C=C\C(O)CCCC(=O)NN. The quantitative estimate of drug-likeness (QED) is 0.112. The lowest BCUT2D eigenvalue weighted by atomic mass is 10.1. The molecule has 0 aromatic heterocycles. The Morgan fingerprint density at radius 1 is 1.04 bits per heavy atom. The van der Waals surface area contributed by atoms with Gasteiger partial charge in [0.2, 0.25) is 5.91 Å². The summed E-state index contributed by atoms with van der Waals surface area (Å²) in [5, 5.41) is 9.71. The highest BCUT2D eigenvalue weighted by molar-refractivity contribution is 5.75. The molecule has 0 heterocycles. The first-order valence-corrected chi connectivity index (χ1v) is 9.01. The first kappa shape index (κ1) is 22.4. The van der Waals surface area contributed by atoms with Crippen molar-refractivity contribution < 1.29 is 9.90 Å². The van der Waals surface area contributed by atoms with Crippen molar-refractivity contribution in [3.63, 3.8) is 0 Å². The van der Waals surface area contributed by atoms with Gasteiger partial charge in [-0.15, -0.1) is 0 Å². The number of allylic oxidation sites excluding steroid dienone is 7. The molecule has 0 aliphatic carbocycles. The van der Waals surface area contributed by atoms with E-state index in [2.05, 4.69) is 36.7 Å². The van der Waals surface area contributed by atoms with Gasteiger partial charge in [0.05, 0.1) is 6.10 Å². The molecule has 1 amide bonds. The zero-order valence-corrected chi connectivity index (χ0v) is 15.0. The Hall–Kier alpha value is -1.65. The zero-order chi connectivity index (χ0) is 17.9. The molecule has 136 valence electrons. The summed E-state index contributed by atoms with van der Waals surface area (Å²) in [6.45, 7) is 2.22. The average Bonchev–Trinajstić information content (AvgIpc) is 2.58. The molecule has 0 radical (unpaired) electrons. The van der Waals surface area contributed by atoms with Gasteiger partial charge in [-0.2, -0.15) is 0 Å². The first-order chi connectivity index (χ1) is 11.7. The van der Waals surface area contributed by atoms with E-state index in [1.165, 1.54) is 25.7 Å². The van der Waals surface area contributed by atoms with Crippen LogP contribution in [0.2, 0.25) is 0 Å². The second-order valence-electron chi connectivity index (χ2n) is 5.75. The van der Waals surface area contributed by atoms with Gasteiger partial charge >= 0.3 is 0 Å². The zero-order valence-electron chi connectivity index (χ0n) is 15.0. The molecule has 4 N–H and O–H groups in total. The molecule has 0 aliphatic rings. The van der Waals surface area contributed by atoms with Crippen molar-refractivity contribution in [1.82, 2.24) is 5.43 Å². The van der Waals surface area contributed by atoms with Crippen LogP contribution in [0.3, 0.4) is 0 Å². The molecule has 0 aliphatic heterocycles. The van der Waals surface area contributed by atoms with Crippen LogP contribution < -0.4 is 11.3 Å². The number of hydrogen-bond donors (Lipinski definition) is 3. The Labute approximate surface area is 147 Å². The number of carbonyl (C=O) groups excluding carboxylic acids is 1. The summed E-state index contributed by atoms with van der Waals surface area (Å²) in [5.74, 6) is 4.78. The van der Waals surface area contributed by atoms with Gasteiger partial charge in [0.25, 0.3) is 0 Å². The van der Waals surface area contributed by atoms with Gasteiger partial charge in [-0.25, -0.2) is 5.84 Å². The van der Waals surface area contributed by atoms with Crippen molar-refractivity contribution in [3.05, 3.63) is 48.6 Å². The second kappa shape index (κ2) is 17.7. The predicted molar refractivity (Wildman–Crippen MR) is 102 cm³/mol. The molecule has 0 aromatic carbocycles. The number of hydrogen-bond acceptors (Lipinski definition) is 3. The van der Waals surface area contributed by atoms with Gasteiger partial charge in [-0.3, -0.25) is 10.2 Å². The number of hydrazine groups is 1. The highest BCUT2D eigenvalue weighted by Crippen LogP contribution is 2.03. The predicted octanol–water partition coefficient (Wildman–Crippen LogP) is 4.09. The van der Waals surface area contributed by atoms with Gasteiger partial charge in [0.1, 0.15) is 0 Å². The van der Waals surface area contributed by atoms with Crippen LogP contribution in [-0.2, 0) is 4.79 Å². The van der Waals surface area contributed by atoms with Gasteiger partial charge < -0.3 is 5.11 Å². The van der Waals surface area contributed by atoms with Crippen LogP contribution >= 0.6 is 0 Å². The molecule has 1 unspecified atom stereocenters. The Balaban J connectivity index is 3.62. The smallest absolute Gasteiger partial charge is 0.233 e. The number of aliphatic hydroxyl groups excluding tert-OH is 1. The highest BCUT2D eigenvalue weighted by atomic mass is 16.3. The highest BCUT2D eigenvalue weighted by Gasteiger charge is 2.01. The Morgan fingerprint density at radius 3 is 2.46 bits per heavy atom. The molecule has 0 saturated heterocycles. The average molecular weight is 335 g/mol. The van der Waals surface area contributed by atoms with Crippen molar-refractivity contribution >= 4 is 5.91 Å². The summed E-state index contributed by atoms with van der Waals surface area (Å²) in [6.07, 6.45) is 24.3. The van der Waals surface area contributed by atoms with Gasteiger partial charge in [-0.1, -0.05) is 68.4 Å². The van der Waals surface area contributed by atoms with E-state index in [1.54, 1.807) is 6.08 Å². The Kier molecular flexibility index (Phi) is 16.5. The van der Waals surface area contributed by atoms with Gasteiger partial charge in [0, 0.05) is 6.42 Å². The van der Waals surface area contributed by atoms with Crippen molar-refractivity contribution in [2.75, 3.05) is 0 Å². The monoisotopic (exact) mass is 334 g/mol. The number of unbranched alkanes of at least 4 members (excludes halogenated alkanes) is 3. The van der Waals surface area contributed by atoms with E-state index in [-0.39, 0.29) is 5.91 Å². The van der Waals surface area contributed by atoms with Crippen molar-refractivity contribution in [2.24, 2.45) is 5.84 Å². The maximum atomic E-state index is 10.9. The summed E-state index contributed by atoms with van der Waals surface area (Å²) in [6, 6.07) is 0. The number of aliphatic hydroxyl groups is 1. The van der Waals surface area contributed by atoms with E-state index in [1.807, 2.05) is 18.2 Å². The maximum absolute atomic E-state index is 10.9. The number of amides is 1. The minimum atomic E-state index is -0.520. The fourth-order valence-corrected chi connectivity index (χ4v) is 2.07. The molecular formula is C20H34N2O2. The van der Waals surface area contributed by atoms with E-state index < -0.39 is 6.10 Å². The lowest BCUT2D eigenvalue weighted by Gasteiger charge is -2.03. The van der Waals surface area contributed by atoms with Crippen LogP contribution in [0.1, 0.15) is 64.7 Å². The number of nitrogens with two attached hydrogens (primary N) is 1. The summed E-state index contributed by atoms with van der Waals surface area (Å²) in [7, 11) is 0. The molecule has 4 nitrogen and oxygen atoms in total. The lowest BCUT2D eigenvalue weighted by Crippen LogP contribution is -2.29. The van der Waals surface area contributed by atoms with Gasteiger partial charge in [0.15, 0.2) is 0 Å². The van der Waals surface area contributed by atoms with E-state index in [4.69, 9.17) is 5.84 Å². The molecule has 0 fully saturated rings. The van der Waals surface area contributed by atoms with Crippen molar-refractivity contribution in [1.29, 1.82) is 0 Å². The summed E-state index contributed by atoms with van der Waals surface area (Å²) in [5.41, 5.74) is 2.07. The van der Waals surface area contributed by atoms with Crippen LogP contribution in [-0.4, -0.2) is 17.1 Å². The third-order valence-corrected chi connectivity index (χ3v) is 3.50. The minimum Gasteiger partial charge on any atom is -0.389 e. The molecule has 0 rings (SSSR count). The Morgan fingerprint density at radius 2 is 1.75 bits per heavy atom. The molecule has 24 heavy (non-hydrogen) atoms. The normalized spacial score (nSPS) is 13.6. The topological polar surface area (TPSA) is 75.3 Å².